The summed E-state index contributed by atoms with van der Waals surface area (Å²) in [6.07, 6.45) is 0.261. The minimum absolute atomic E-state index is 0.0996. The minimum atomic E-state index is -3.91. The molecule has 3 rings (SSSR count). The van der Waals surface area contributed by atoms with Gasteiger partial charge in [-0.25, -0.2) is 0 Å². The van der Waals surface area contributed by atoms with E-state index < -0.39 is 10.0 Å². The zero-order chi connectivity index (χ0) is 16.4. The molecule has 2 heterocycles. The van der Waals surface area contributed by atoms with E-state index in [9.17, 15) is 13.2 Å². The zero-order valence-electron chi connectivity index (χ0n) is 11.9. The first kappa shape index (κ1) is 15.5. The lowest BCUT2D eigenvalue weighted by Gasteiger charge is -2.05. The molecule has 2 N–H and O–H groups in total. The second-order valence-electron chi connectivity index (χ2n) is 4.45. The van der Waals surface area contributed by atoms with E-state index in [1.54, 1.807) is 19.1 Å². The summed E-state index contributed by atoms with van der Waals surface area (Å²) in [5.41, 5.74) is 0.309. The predicted octanol–water partition coefficient (Wildman–Crippen LogP) is 1.42. The molecule has 0 spiro atoms. The molecule has 1 aromatic heterocycles. The molecule has 0 aliphatic carbocycles. The van der Waals surface area contributed by atoms with Crippen LogP contribution in [0.4, 0.5) is 10.8 Å². The molecular formula is C12H12N4O5S2. The van der Waals surface area contributed by atoms with Crippen molar-refractivity contribution < 1.29 is 22.7 Å². The molecule has 11 heteroatoms. The van der Waals surface area contributed by atoms with Crippen molar-refractivity contribution >= 4 is 38.1 Å². The quantitative estimate of drug-likeness (QED) is 0.777. The zero-order valence-corrected chi connectivity index (χ0v) is 13.5. The first-order valence-electron chi connectivity index (χ1n) is 6.54. The fourth-order valence-electron chi connectivity index (χ4n) is 1.74. The monoisotopic (exact) mass is 356 g/mol. The van der Waals surface area contributed by atoms with Crippen LogP contribution in [0.1, 0.15) is 13.3 Å². The highest BCUT2D eigenvalue weighted by molar-refractivity contribution is 7.94. The molecule has 0 saturated heterocycles. The number of nitrogens with zero attached hydrogens (tertiary/aromatic N) is 2. The molecule has 2 aromatic rings. The highest BCUT2D eigenvalue weighted by Gasteiger charge is 2.22. The first-order chi connectivity index (χ1) is 11.0. The van der Waals surface area contributed by atoms with E-state index in [0.717, 1.165) is 11.3 Å². The maximum Gasteiger partial charge on any atom is 0.291 e. The van der Waals surface area contributed by atoms with Crippen LogP contribution in [0, 0.1) is 0 Å². The highest BCUT2D eigenvalue weighted by atomic mass is 32.2. The summed E-state index contributed by atoms with van der Waals surface area (Å²) in [5.74, 6) is 0.737. The number of sulfonamides is 1. The normalized spacial score (nSPS) is 12.9. The second-order valence-corrected chi connectivity index (χ2v) is 7.28. The number of nitrogens with one attached hydrogen (secondary N) is 2. The van der Waals surface area contributed by atoms with Crippen molar-refractivity contribution in [2.24, 2.45) is 0 Å². The smallest absolute Gasteiger partial charge is 0.291 e. The average Bonchev–Trinajstić information content (AvgIpc) is 3.15. The van der Waals surface area contributed by atoms with Crippen LogP contribution >= 0.6 is 11.3 Å². The number of anilines is 2. The van der Waals surface area contributed by atoms with E-state index in [2.05, 4.69) is 20.2 Å². The maximum atomic E-state index is 12.3. The Morgan fingerprint density at radius 3 is 2.87 bits per heavy atom. The number of rotatable bonds is 5. The third-order valence-corrected chi connectivity index (χ3v) is 5.42. The molecule has 9 nitrogen and oxygen atoms in total. The van der Waals surface area contributed by atoms with Gasteiger partial charge in [0.1, 0.15) is 0 Å². The molecule has 1 amide bonds. The van der Waals surface area contributed by atoms with Crippen molar-refractivity contribution in [1.29, 1.82) is 0 Å². The first-order valence-corrected chi connectivity index (χ1v) is 8.84. The van der Waals surface area contributed by atoms with Gasteiger partial charge in [0.15, 0.2) is 11.5 Å². The lowest BCUT2D eigenvalue weighted by Crippen LogP contribution is -2.12. The summed E-state index contributed by atoms with van der Waals surface area (Å²) >= 11 is 0.768. The SMILES string of the molecule is CCC(=O)Nc1nnc(S(=O)(=O)Nc2ccc3c(c2)OCO3)s1. The van der Waals surface area contributed by atoms with Crippen LogP contribution in [-0.2, 0) is 14.8 Å². The minimum Gasteiger partial charge on any atom is -0.454 e. The van der Waals surface area contributed by atoms with Gasteiger partial charge in [-0.15, -0.1) is 10.2 Å². The van der Waals surface area contributed by atoms with Crippen LogP contribution in [0.25, 0.3) is 0 Å². The van der Waals surface area contributed by atoms with Crippen molar-refractivity contribution in [2.45, 2.75) is 17.7 Å². The van der Waals surface area contributed by atoms with Gasteiger partial charge in [-0.3, -0.25) is 9.52 Å². The molecule has 1 aliphatic rings. The number of ether oxygens (including phenoxy) is 2. The van der Waals surface area contributed by atoms with Gasteiger partial charge in [0.25, 0.3) is 14.4 Å². The predicted molar refractivity (Wildman–Crippen MR) is 82.2 cm³/mol. The third kappa shape index (κ3) is 3.35. The molecule has 0 bridgehead atoms. The summed E-state index contributed by atoms with van der Waals surface area (Å²) in [6, 6.07) is 4.67. The maximum absolute atomic E-state index is 12.3. The number of carbonyl (C=O) groups is 1. The van der Waals surface area contributed by atoms with Gasteiger partial charge in [-0.1, -0.05) is 18.3 Å². The molecule has 122 valence electrons. The van der Waals surface area contributed by atoms with Gasteiger partial charge in [-0.05, 0) is 12.1 Å². The van der Waals surface area contributed by atoms with Gasteiger partial charge in [0.05, 0.1) is 5.69 Å². The fourth-order valence-corrected chi connectivity index (χ4v) is 3.70. The number of carbonyl (C=O) groups excluding carboxylic acids is 1. The number of aromatic nitrogens is 2. The van der Waals surface area contributed by atoms with Crippen molar-refractivity contribution in [1.82, 2.24) is 10.2 Å². The summed E-state index contributed by atoms with van der Waals surface area (Å²) in [4.78, 5) is 11.3. The van der Waals surface area contributed by atoms with Crippen LogP contribution in [0.2, 0.25) is 0 Å². The molecule has 0 radical (unpaired) electrons. The summed E-state index contributed by atoms with van der Waals surface area (Å²) in [7, 11) is -3.91. The van der Waals surface area contributed by atoms with Crippen LogP contribution in [0.15, 0.2) is 22.5 Å². The van der Waals surface area contributed by atoms with Gasteiger partial charge in [-0.2, -0.15) is 8.42 Å². The van der Waals surface area contributed by atoms with Gasteiger partial charge in [0, 0.05) is 12.5 Å². The summed E-state index contributed by atoms with van der Waals surface area (Å²) in [5, 5.41) is 9.82. The molecule has 1 aromatic carbocycles. The Morgan fingerprint density at radius 2 is 2.09 bits per heavy atom. The van der Waals surface area contributed by atoms with E-state index in [0.29, 0.717) is 17.2 Å². The molecule has 0 unspecified atom stereocenters. The van der Waals surface area contributed by atoms with Crippen molar-refractivity contribution in [3.05, 3.63) is 18.2 Å². The van der Waals surface area contributed by atoms with Crippen LogP contribution < -0.4 is 19.5 Å². The molecule has 23 heavy (non-hydrogen) atoms. The number of hydrogen-bond donors (Lipinski definition) is 2. The Balaban J connectivity index is 1.78. The molecular weight excluding hydrogens is 344 g/mol. The number of fused-ring (bicyclic) bond motifs is 1. The third-order valence-electron chi connectivity index (χ3n) is 2.83. The second kappa shape index (κ2) is 6.01. The molecule has 0 saturated carbocycles. The summed E-state index contributed by atoms with van der Waals surface area (Å²) in [6.45, 7) is 1.78. The standard InChI is InChI=1S/C12H12N4O5S2/c1-2-10(17)13-11-14-15-12(22-11)23(18,19)16-7-3-4-8-9(5-7)21-6-20-8/h3-5,16H,2,6H2,1H3,(H,13,14,17). The Hall–Kier alpha value is -2.40. The van der Waals surface area contributed by atoms with Crippen LogP contribution in [0.3, 0.4) is 0 Å². The van der Waals surface area contributed by atoms with E-state index >= 15 is 0 Å². The number of benzene rings is 1. The van der Waals surface area contributed by atoms with E-state index in [1.807, 2.05) is 0 Å². The van der Waals surface area contributed by atoms with E-state index in [4.69, 9.17) is 9.47 Å². The highest BCUT2D eigenvalue weighted by Crippen LogP contribution is 2.35. The van der Waals surface area contributed by atoms with Crippen molar-refractivity contribution in [2.75, 3.05) is 16.8 Å². The fraction of sp³-hybridized carbons (Fsp3) is 0.250. The lowest BCUT2D eigenvalue weighted by molar-refractivity contribution is -0.115. The lowest BCUT2D eigenvalue weighted by atomic mass is 10.3. The van der Waals surface area contributed by atoms with E-state index in [1.165, 1.54) is 6.07 Å². The van der Waals surface area contributed by atoms with Crippen molar-refractivity contribution in [3.8, 4) is 11.5 Å². The number of hydrogen-bond acceptors (Lipinski definition) is 8. The Kier molecular flexibility index (Phi) is 4.05. The van der Waals surface area contributed by atoms with Crippen LogP contribution in [-0.4, -0.2) is 31.3 Å². The Labute approximate surface area is 135 Å². The topological polar surface area (TPSA) is 120 Å². The summed E-state index contributed by atoms with van der Waals surface area (Å²) < 4.78 is 37.0. The number of amides is 1. The van der Waals surface area contributed by atoms with Gasteiger partial charge >= 0.3 is 0 Å². The Morgan fingerprint density at radius 1 is 1.30 bits per heavy atom. The van der Waals surface area contributed by atoms with Crippen LogP contribution in [0.5, 0.6) is 11.5 Å². The van der Waals surface area contributed by atoms with Gasteiger partial charge < -0.3 is 14.8 Å². The molecule has 1 aliphatic heterocycles. The molecule has 0 atom stereocenters. The van der Waals surface area contributed by atoms with E-state index in [-0.39, 0.29) is 28.6 Å². The van der Waals surface area contributed by atoms with Crippen molar-refractivity contribution in [3.63, 3.8) is 0 Å². The van der Waals surface area contributed by atoms with Gasteiger partial charge in [0.2, 0.25) is 17.8 Å². The largest absolute Gasteiger partial charge is 0.454 e. The Bertz CT molecular complexity index is 849. The molecule has 0 fully saturated rings. The average molecular weight is 356 g/mol.